The zero-order chi connectivity index (χ0) is 19.7. The van der Waals surface area contributed by atoms with Crippen molar-refractivity contribution >= 4 is 5.91 Å². The number of carbonyl (C=O) groups is 1. The molecule has 2 aliphatic rings. The Bertz CT molecular complexity index is 873. The molecule has 4 nitrogen and oxygen atoms in total. The molecule has 0 aromatic heterocycles. The van der Waals surface area contributed by atoms with Crippen LogP contribution in [-0.4, -0.2) is 41.9 Å². The lowest BCUT2D eigenvalue weighted by Crippen LogP contribution is -2.58. The maximum absolute atomic E-state index is 13.7. The van der Waals surface area contributed by atoms with Gasteiger partial charge in [-0.3, -0.25) is 9.69 Å². The minimum absolute atomic E-state index is 0.0919. The molecule has 2 atom stereocenters. The second kappa shape index (κ2) is 7.87. The summed E-state index contributed by atoms with van der Waals surface area (Å²) < 4.78 is 32.2. The number of methoxy groups -OCH3 is 1. The van der Waals surface area contributed by atoms with Gasteiger partial charge in [0.2, 0.25) is 5.91 Å². The van der Waals surface area contributed by atoms with Gasteiger partial charge in [0.15, 0.2) is 11.6 Å². The Morgan fingerprint density at radius 1 is 1.11 bits per heavy atom. The first kappa shape index (κ1) is 18.9. The number of hydrogen-bond acceptors (Lipinski definition) is 3. The molecule has 6 heteroatoms. The topological polar surface area (TPSA) is 32.8 Å². The predicted molar refractivity (Wildman–Crippen MR) is 102 cm³/mol. The third-order valence-corrected chi connectivity index (χ3v) is 5.76. The van der Waals surface area contributed by atoms with Gasteiger partial charge < -0.3 is 9.64 Å². The van der Waals surface area contributed by atoms with E-state index in [-0.39, 0.29) is 29.3 Å². The molecule has 2 bridgehead atoms. The predicted octanol–water partition coefficient (Wildman–Crippen LogP) is 3.60. The van der Waals surface area contributed by atoms with E-state index in [4.69, 9.17) is 4.74 Å². The van der Waals surface area contributed by atoms with Gasteiger partial charge in [-0.2, -0.15) is 0 Å². The molecule has 1 amide bonds. The van der Waals surface area contributed by atoms with E-state index in [0.29, 0.717) is 19.0 Å². The first-order valence-corrected chi connectivity index (χ1v) is 9.63. The Morgan fingerprint density at radius 2 is 1.93 bits per heavy atom. The number of fused-ring (bicyclic) bond motifs is 2. The highest BCUT2D eigenvalue weighted by Gasteiger charge is 2.41. The van der Waals surface area contributed by atoms with Crippen molar-refractivity contribution in [3.63, 3.8) is 0 Å². The number of amides is 1. The van der Waals surface area contributed by atoms with E-state index >= 15 is 0 Å². The second-order valence-electron chi connectivity index (χ2n) is 7.69. The standard InChI is InChI=1S/C22H24F2N2O2/c1-28-21-11-16(5-6-19(21)24)12-25-8-7-17-10-20(25)22(27)26(14-17)13-15-3-2-4-18(23)9-15/h2-6,9,11,17,20H,7-8,10,12-14H2,1H3/t17-,20+/m0/s1. The van der Waals surface area contributed by atoms with E-state index < -0.39 is 0 Å². The van der Waals surface area contributed by atoms with E-state index in [1.165, 1.54) is 25.3 Å². The fraction of sp³-hybridized carbons (Fsp3) is 0.409. The van der Waals surface area contributed by atoms with Crippen LogP contribution >= 0.6 is 0 Å². The molecular weight excluding hydrogens is 362 g/mol. The molecule has 2 saturated heterocycles. The van der Waals surface area contributed by atoms with E-state index in [1.807, 2.05) is 11.0 Å². The van der Waals surface area contributed by atoms with Crippen molar-refractivity contribution in [3.05, 3.63) is 65.2 Å². The van der Waals surface area contributed by atoms with Crippen molar-refractivity contribution < 1.29 is 18.3 Å². The molecule has 4 rings (SSSR count). The normalized spacial score (nSPS) is 22.4. The van der Waals surface area contributed by atoms with Gasteiger partial charge in [-0.25, -0.2) is 8.78 Å². The summed E-state index contributed by atoms with van der Waals surface area (Å²) in [6, 6.07) is 11.1. The number of likely N-dealkylation sites (tertiary alicyclic amines) is 2. The number of piperidine rings is 2. The lowest BCUT2D eigenvalue weighted by Gasteiger charge is -2.46. The minimum Gasteiger partial charge on any atom is -0.494 e. The summed E-state index contributed by atoms with van der Waals surface area (Å²) in [4.78, 5) is 17.1. The van der Waals surface area contributed by atoms with Crippen molar-refractivity contribution in [3.8, 4) is 5.75 Å². The largest absolute Gasteiger partial charge is 0.494 e. The van der Waals surface area contributed by atoms with Gasteiger partial charge in [0.05, 0.1) is 13.2 Å². The lowest BCUT2D eigenvalue weighted by atomic mass is 9.85. The highest BCUT2D eigenvalue weighted by Crippen LogP contribution is 2.32. The van der Waals surface area contributed by atoms with Gasteiger partial charge in [0, 0.05) is 19.6 Å². The van der Waals surface area contributed by atoms with Gasteiger partial charge >= 0.3 is 0 Å². The van der Waals surface area contributed by atoms with Crippen LogP contribution in [0.25, 0.3) is 0 Å². The molecular formula is C22H24F2N2O2. The molecule has 2 heterocycles. The number of rotatable bonds is 5. The monoisotopic (exact) mass is 386 g/mol. The molecule has 0 aliphatic carbocycles. The molecule has 0 unspecified atom stereocenters. The Hall–Kier alpha value is -2.47. The van der Waals surface area contributed by atoms with Crippen LogP contribution in [0.3, 0.4) is 0 Å². The van der Waals surface area contributed by atoms with Crippen LogP contribution in [0.5, 0.6) is 5.75 Å². The minimum atomic E-state index is -0.389. The summed E-state index contributed by atoms with van der Waals surface area (Å²) in [7, 11) is 1.45. The molecule has 0 spiro atoms. The van der Waals surface area contributed by atoms with Crippen LogP contribution in [-0.2, 0) is 17.9 Å². The van der Waals surface area contributed by atoms with E-state index in [1.54, 1.807) is 18.2 Å². The lowest BCUT2D eigenvalue weighted by molar-refractivity contribution is -0.146. The van der Waals surface area contributed by atoms with E-state index in [0.717, 1.165) is 37.1 Å². The summed E-state index contributed by atoms with van der Waals surface area (Å²) in [5.41, 5.74) is 1.73. The SMILES string of the molecule is COc1cc(CN2CC[C@H]3C[C@@H]2C(=O)N(Cc2cccc(F)c2)C3)ccc1F. The van der Waals surface area contributed by atoms with Gasteiger partial charge in [-0.05, 0) is 60.7 Å². The van der Waals surface area contributed by atoms with Crippen molar-refractivity contribution in [1.29, 1.82) is 0 Å². The number of carbonyl (C=O) groups excluding carboxylic acids is 1. The van der Waals surface area contributed by atoms with Crippen molar-refractivity contribution in [2.75, 3.05) is 20.2 Å². The number of hydrogen-bond donors (Lipinski definition) is 0. The van der Waals surface area contributed by atoms with Crippen LogP contribution in [0.1, 0.15) is 24.0 Å². The second-order valence-corrected chi connectivity index (χ2v) is 7.69. The Morgan fingerprint density at radius 3 is 2.71 bits per heavy atom. The number of ether oxygens (including phenoxy) is 1. The van der Waals surface area contributed by atoms with Gasteiger partial charge in [-0.15, -0.1) is 0 Å². The first-order valence-electron chi connectivity index (χ1n) is 9.63. The summed E-state index contributed by atoms with van der Waals surface area (Å²) in [5.74, 6) is 0.105. The summed E-state index contributed by atoms with van der Waals surface area (Å²) in [6.07, 6.45) is 1.86. The molecule has 0 radical (unpaired) electrons. The molecule has 2 aromatic carbocycles. The number of nitrogens with zero attached hydrogens (tertiary/aromatic N) is 2. The number of halogens is 2. The van der Waals surface area contributed by atoms with E-state index in [9.17, 15) is 13.6 Å². The molecule has 2 aromatic rings. The quantitative estimate of drug-likeness (QED) is 0.787. The molecule has 2 fully saturated rings. The summed E-state index contributed by atoms with van der Waals surface area (Å²) >= 11 is 0. The Kier molecular flexibility index (Phi) is 5.31. The molecule has 0 saturated carbocycles. The first-order chi connectivity index (χ1) is 13.5. The highest BCUT2D eigenvalue weighted by molar-refractivity contribution is 5.83. The third-order valence-electron chi connectivity index (χ3n) is 5.76. The fourth-order valence-corrected chi connectivity index (χ4v) is 4.35. The van der Waals surface area contributed by atoms with Crippen molar-refractivity contribution in [1.82, 2.24) is 9.80 Å². The number of benzene rings is 2. The maximum atomic E-state index is 13.7. The molecule has 2 aliphatic heterocycles. The third kappa shape index (κ3) is 3.87. The fourth-order valence-electron chi connectivity index (χ4n) is 4.35. The summed E-state index contributed by atoms with van der Waals surface area (Å²) in [6.45, 7) is 2.58. The highest BCUT2D eigenvalue weighted by atomic mass is 19.1. The van der Waals surface area contributed by atoms with E-state index in [2.05, 4.69) is 4.90 Å². The molecule has 28 heavy (non-hydrogen) atoms. The van der Waals surface area contributed by atoms with Crippen LogP contribution in [0, 0.1) is 17.6 Å². The molecule has 148 valence electrons. The maximum Gasteiger partial charge on any atom is 0.240 e. The average molecular weight is 386 g/mol. The van der Waals surface area contributed by atoms with Crippen molar-refractivity contribution in [2.45, 2.75) is 32.0 Å². The smallest absolute Gasteiger partial charge is 0.240 e. The zero-order valence-electron chi connectivity index (χ0n) is 15.9. The van der Waals surface area contributed by atoms with Gasteiger partial charge in [-0.1, -0.05) is 18.2 Å². The van der Waals surface area contributed by atoms with Crippen LogP contribution in [0.4, 0.5) is 8.78 Å². The Labute approximate surface area is 163 Å². The van der Waals surface area contributed by atoms with Crippen LogP contribution in [0.2, 0.25) is 0 Å². The van der Waals surface area contributed by atoms with Gasteiger partial charge in [0.1, 0.15) is 5.82 Å². The average Bonchev–Trinajstić information content (AvgIpc) is 2.69. The summed E-state index contributed by atoms with van der Waals surface area (Å²) in [5, 5.41) is 0. The Balaban J connectivity index is 1.49. The zero-order valence-corrected chi connectivity index (χ0v) is 15.9. The van der Waals surface area contributed by atoms with Gasteiger partial charge in [0.25, 0.3) is 0 Å². The molecule has 0 N–H and O–H groups in total. The van der Waals surface area contributed by atoms with Crippen molar-refractivity contribution in [2.24, 2.45) is 5.92 Å². The van der Waals surface area contributed by atoms with Crippen LogP contribution < -0.4 is 4.74 Å². The van der Waals surface area contributed by atoms with Crippen LogP contribution in [0.15, 0.2) is 42.5 Å².